The van der Waals surface area contributed by atoms with Crippen LogP contribution in [0.4, 0.5) is 0 Å². The fourth-order valence-electron chi connectivity index (χ4n) is 3.58. The van der Waals surface area contributed by atoms with Crippen molar-refractivity contribution in [3.8, 4) is 17.2 Å². The molecule has 0 unspecified atom stereocenters. The molecule has 0 bridgehead atoms. The highest BCUT2D eigenvalue weighted by molar-refractivity contribution is 6.30. The zero-order valence-corrected chi connectivity index (χ0v) is 17.3. The Morgan fingerprint density at radius 3 is 2.62 bits per heavy atom. The molecule has 0 saturated heterocycles. The normalized spacial score (nSPS) is 11.0. The monoisotopic (exact) mass is 401 g/mol. The molecular formula is C23H20ClN5. The standard InChI is InChI=1S/C23H20ClN5/c1-4-21-28-22-14(2)9-15(3)27-23(22)29(21)13-19-8-6-17(12-26-19)20-10-18(24)7-5-16(20)11-25/h5-10,12H,4,13H2,1-3H3. The van der Waals surface area contributed by atoms with E-state index in [9.17, 15) is 5.26 Å². The highest BCUT2D eigenvalue weighted by Crippen LogP contribution is 2.27. The molecule has 0 radical (unpaired) electrons. The lowest BCUT2D eigenvalue weighted by atomic mass is 10.0. The third-order valence-electron chi connectivity index (χ3n) is 4.98. The van der Waals surface area contributed by atoms with Crippen LogP contribution in [0.25, 0.3) is 22.3 Å². The van der Waals surface area contributed by atoms with Crippen LogP contribution in [0, 0.1) is 25.2 Å². The average molecular weight is 402 g/mol. The summed E-state index contributed by atoms with van der Waals surface area (Å²) in [4.78, 5) is 14.1. The summed E-state index contributed by atoms with van der Waals surface area (Å²) in [5, 5.41) is 9.96. The Labute approximate surface area is 174 Å². The number of fused-ring (bicyclic) bond motifs is 1. The van der Waals surface area contributed by atoms with Gasteiger partial charge in [0.2, 0.25) is 0 Å². The van der Waals surface area contributed by atoms with E-state index in [0.29, 0.717) is 17.1 Å². The van der Waals surface area contributed by atoms with E-state index in [1.807, 2.05) is 19.1 Å². The molecule has 4 aromatic rings. The average Bonchev–Trinajstić information content (AvgIpc) is 3.06. The third-order valence-corrected chi connectivity index (χ3v) is 5.21. The molecule has 0 amide bonds. The molecule has 0 saturated carbocycles. The number of nitrogens with zero attached hydrogens (tertiary/aromatic N) is 5. The molecule has 144 valence electrons. The van der Waals surface area contributed by atoms with Gasteiger partial charge in [-0.25, -0.2) is 9.97 Å². The largest absolute Gasteiger partial charge is 0.307 e. The summed E-state index contributed by atoms with van der Waals surface area (Å²) in [6.07, 6.45) is 2.61. The van der Waals surface area contributed by atoms with Crippen LogP contribution in [-0.4, -0.2) is 19.5 Å². The third kappa shape index (κ3) is 3.59. The van der Waals surface area contributed by atoms with Crippen LogP contribution in [0.2, 0.25) is 5.02 Å². The number of hydrogen-bond acceptors (Lipinski definition) is 4. The fourth-order valence-corrected chi connectivity index (χ4v) is 3.75. The first-order valence-corrected chi connectivity index (χ1v) is 9.86. The zero-order chi connectivity index (χ0) is 20.5. The van der Waals surface area contributed by atoms with Crippen LogP contribution in [-0.2, 0) is 13.0 Å². The van der Waals surface area contributed by atoms with Crippen molar-refractivity contribution in [2.75, 3.05) is 0 Å². The highest BCUT2D eigenvalue weighted by atomic mass is 35.5. The second-order valence-corrected chi connectivity index (χ2v) is 7.50. The van der Waals surface area contributed by atoms with Gasteiger partial charge in [-0.15, -0.1) is 0 Å². The number of pyridine rings is 2. The van der Waals surface area contributed by atoms with Crippen LogP contribution < -0.4 is 0 Å². The van der Waals surface area contributed by atoms with Gasteiger partial charge in [0.25, 0.3) is 0 Å². The Morgan fingerprint density at radius 1 is 1.10 bits per heavy atom. The van der Waals surface area contributed by atoms with E-state index in [-0.39, 0.29) is 0 Å². The molecule has 0 aliphatic heterocycles. The Balaban J connectivity index is 1.72. The Morgan fingerprint density at radius 2 is 1.93 bits per heavy atom. The van der Waals surface area contributed by atoms with Gasteiger partial charge in [-0.1, -0.05) is 24.6 Å². The van der Waals surface area contributed by atoms with Crippen molar-refractivity contribution in [2.24, 2.45) is 0 Å². The number of rotatable bonds is 4. The van der Waals surface area contributed by atoms with Crippen molar-refractivity contribution in [3.63, 3.8) is 0 Å². The molecule has 0 spiro atoms. The van der Waals surface area contributed by atoms with Crippen LogP contribution in [0.3, 0.4) is 0 Å². The van der Waals surface area contributed by atoms with Crippen molar-refractivity contribution < 1.29 is 0 Å². The van der Waals surface area contributed by atoms with Gasteiger partial charge in [-0.3, -0.25) is 4.98 Å². The van der Waals surface area contributed by atoms with Crippen LogP contribution >= 0.6 is 11.6 Å². The van der Waals surface area contributed by atoms with Crippen molar-refractivity contribution in [1.82, 2.24) is 19.5 Å². The van der Waals surface area contributed by atoms with E-state index >= 15 is 0 Å². The van der Waals surface area contributed by atoms with Crippen LogP contribution in [0.1, 0.15) is 35.3 Å². The number of aromatic nitrogens is 4. The summed E-state index contributed by atoms with van der Waals surface area (Å²) >= 11 is 6.12. The number of hydrogen-bond donors (Lipinski definition) is 0. The Bertz CT molecular complexity index is 1250. The van der Waals surface area contributed by atoms with Gasteiger partial charge in [0.1, 0.15) is 11.3 Å². The molecular weight excluding hydrogens is 382 g/mol. The highest BCUT2D eigenvalue weighted by Gasteiger charge is 2.14. The van der Waals surface area contributed by atoms with E-state index in [1.54, 1.807) is 24.4 Å². The molecule has 29 heavy (non-hydrogen) atoms. The van der Waals surface area contributed by atoms with E-state index in [0.717, 1.165) is 51.5 Å². The first-order valence-electron chi connectivity index (χ1n) is 9.48. The molecule has 0 atom stereocenters. The van der Waals surface area contributed by atoms with E-state index in [4.69, 9.17) is 21.6 Å². The number of benzene rings is 1. The van der Waals surface area contributed by atoms with Gasteiger partial charge in [0.15, 0.2) is 5.65 Å². The molecule has 3 heterocycles. The smallest absolute Gasteiger partial charge is 0.160 e. The summed E-state index contributed by atoms with van der Waals surface area (Å²) in [5.74, 6) is 0.994. The summed E-state index contributed by atoms with van der Waals surface area (Å²) in [6.45, 7) is 6.76. The number of nitriles is 1. The van der Waals surface area contributed by atoms with Crippen molar-refractivity contribution in [1.29, 1.82) is 5.26 Å². The maximum absolute atomic E-state index is 9.37. The summed E-state index contributed by atoms with van der Waals surface area (Å²) < 4.78 is 2.14. The molecule has 6 heteroatoms. The van der Waals surface area contributed by atoms with Gasteiger partial charge in [-0.2, -0.15) is 5.26 Å². The number of halogens is 1. The second kappa shape index (κ2) is 7.65. The van der Waals surface area contributed by atoms with Gasteiger partial charge in [0.05, 0.1) is 23.9 Å². The van der Waals surface area contributed by atoms with Crippen molar-refractivity contribution in [3.05, 3.63) is 76.0 Å². The molecule has 5 nitrogen and oxygen atoms in total. The summed E-state index contributed by atoms with van der Waals surface area (Å²) in [7, 11) is 0. The lowest BCUT2D eigenvalue weighted by Crippen LogP contribution is -2.07. The van der Waals surface area contributed by atoms with Crippen LogP contribution in [0.5, 0.6) is 0 Å². The van der Waals surface area contributed by atoms with Gasteiger partial charge in [0, 0.05) is 34.5 Å². The summed E-state index contributed by atoms with van der Waals surface area (Å²) in [6, 6.07) is 13.5. The molecule has 0 N–H and O–H groups in total. The van der Waals surface area contributed by atoms with E-state index in [2.05, 4.69) is 35.5 Å². The number of aryl methyl sites for hydroxylation is 3. The topological polar surface area (TPSA) is 67.4 Å². The second-order valence-electron chi connectivity index (χ2n) is 7.06. The molecule has 0 fully saturated rings. The van der Waals surface area contributed by atoms with Gasteiger partial charge < -0.3 is 4.57 Å². The molecule has 0 aliphatic carbocycles. The fraction of sp³-hybridized carbons (Fsp3) is 0.217. The zero-order valence-electron chi connectivity index (χ0n) is 16.6. The van der Waals surface area contributed by atoms with Gasteiger partial charge >= 0.3 is 0 Å². The maximum atomic E-state index is 9.37. The molecule has 4 rings (SSSR count). The molecule has 1 aromatic carbocycles. The SMILES string of the molecule is CCc1nc2c(C)cc(C)nc2n1Cc1ccc(-c2cc(Cl)ccc2C#N)cn1. The van der Waals surface area contributed by atoms with E-state index < -0.39 is 0 Å². The first-order chi connectivity index (χ1) is 14.0. The Hall–Kier alpha value is -3.23. The number of imidazole rings is 1. The van der Waals surface area contributed by atoms with Crippen molar-refractivity contribution >= 4 is 22.8 Å². The first kappa shape index (κ1) is 19.1. The lowest BCUT2D eigenvalue weighted by molar-refractivity contribution is 0.729. The molecule has 3 aromatic heterocycles. The van der Waals surface area contributed by atoms with Gasteiger partial charge in [-0.05, 0) is 49.7 Å². The maximum Gasteiger partial charge on any atom is 0.160 e. The van der Waals surface area contributed by atoms with E-state index in [1.165, 1.54) is 0 Å². The summed E-state index contributed by atoms with van der Waals surface area (Å²) in [5.41, 5.74) is 7.09. The lowest BCUT2D eigenvalue weighted by Gasteiger charge is -2.09. The Kier molecular flexibility index (Phi) is 5.04. The minimum Gasteiger partial charge on any atom is -0.307 e. The predicted octanol–water partition coefficient (Wildman–Crippen LogP) is 5.25. The van der Waals surface area contributed by atoms with Crippen molar-refractivity contribution in [2.45, 2.75) is 33.7 Å². The minimum atomic E-state index is 0.577. The molecule has 0 aliphatic rings. The minimum absolute atomic E-state index is 0.577. The predicted molar refractivity (Wildman–Crippen MR) is 115 cm³/mol. The quantitative estimate of drug-likeness (QED) is 0.468. The van der Waals surface area contributed by atoms with Crippen LogP contribution in [0.15, 0.2) is 42.6 Å².